The van der Waals surface area contributed by atoms with Crippen molar-refractivity contribution in [2.24, 2.45) is 5.92 Å². The van der Waals surface area contributed by atoms with E-state index in [9.17, 15) is 4.79 Å². The second-order valence-corrected chi connectivity index (χ2v) is 8.11. The van der Waals surface area contributed by atoms with Gasteiger partial charge in [0.05, 0.1) is 13.2 Å². The van der Waals surface area contributed by atoms with Gasteiger partial charge in [0.1, 0.15) is 0 Å². The van der Waals surface area contributed by atoms with Crippen LogP contribution in [0.25, 0.3) is 0 Å². The lowest BCUT2D eigenvalue weighted by molar-refractivity contribution is -0.122. The summed E-state index contributed by atoms with van der Waals surface area (Å²) in [6.45, 7) is 17.2. The van der Waals surface area contributed by atoms with Gasteiger partial charge in [-0.15, -0.1) is 0 Å². The molecule has 2 aliphatic heterocycles. The van der Waals surface area contributed by atoms with Crippen LogP contribution in [0.2, 0.25) is 0 Å². The van der Waals surface area contributed by atoms with Crippen molar-refractivity contribution in [3.05, 3.63) is 0 Å². The van der Waals surface area contributed by atoms with Crippen LogP contribution < -0.4 is 5.32 Å². The number of nitrogens with one attached hydrogen (secondary N) is 1. The van der Waals surface area contributed by atoms with E-state index >= 15 is 0 Å². The molecule has 2 saturated heterocycles. The topological polar surface area (TPSA) is 48.1 Å². The van der Waals surface area contributed by atoms with Gasteiger partial charge in [0.25, 0.3) is 0 Å². The predicted molar refractivity (Wildman–Crippen MR) is 106 cm³/mol. The Labute approximate surface area is 160 Å². The van der Waals surface area contributed by atoms with Crippen LogP contribution in [0.15, 0.2) is 0 Å². The Kier molecular flexibility index (Phi) is 9.89. The van der Waals surface area contributed by atoms with E-state index in [1.165, 1.54) is 32.5 Å². The van der Waals surface area contributed by atoms with E-state index in [4.69, 9.17) is 4.74 Å². The number of ether oxygens (including phenoxy) is 1. The van der Waals surface area contributed by atoms with Crippen molar-refractivity contribution in [2.45, 2.75) is 46.1 Å². The zero-order chi connectivity index (χ0) is 18.8. The maximum atomic E-state index is 12.0. The van der Waals surface area contributed by atoms with E-state index in [2.05, 4.69) is 40.8 Å². The maximum Gasteiger partial charge on any atom is 0.234 e. The first-order chi connectivity index (χ1) is 12.6. The molecule has 0 radical (unpaired) electrons. The zero-order valence-corrected chi connectivity index (χ0v) is 17.2. The van der Waals surface area contributed by atoms with Gasteiger partial charge in [-0.1, -0.05) is 6.92 Å². The highest BCUT2D eigenvalue weighted by atomic mass is 16.5. The number of piperazine rings is 1. The summed E-state index contributed by atoms with van der Waals surface area (Å²) < 4.78 is 5.39. The SMILES string of the molecule is CCCOCCNC(=O)CN1CCN(CC2CCN(C(C)C)CC2)CC1. The molecule has 152 valence electrons. The number of carbonyl (C=O) groups excluding carboxylic acids is 1. The van der Waals surface area contributed by atoms with Crippen LogP contribution in [0.3, 0.4) is 0 Å². The third kappa shape index (κ3) is 7.91. The average Bonchev–Trinajstić information content (AvgIpc) is 2.63. The molecule has 0 unspecified atom stereocenters. The van der Waals surface area contributed by atoms with Gasteiger partial charge in [0.2, 0.25) is 5.91 Å². The van der Waals surface area contributed by atoms with E-state index in [1.54, 1.807) is 0 Å². The second kappa shape index (κ2) is 11.9. The summed E-state index contributed by atoms with van der Waals surface area (Å²) in [5, 5.41) is 2.96. The van der Waals surface area contributed by atoms with E-state index in [0.29, 0.717) is 25.7 Å². The lowest BCUT2D eigenvalue weighted by Crippen LogP contribution is -2.51. The third-order valence-corrected chi connectivity index (χ3v) is 5.64. The zero-order valence-electron chi connectivity index (χ0n) is 17.2. The van der Waals surface area contributed by atoms with Gasteiger partial charge in [0.15, 0.2) is 0 Å². The quantitative estimate of drug-likeness (QED) is 0.589. The molecule has 0 bridgehead atoms. The second-order valence-electron chi connectivity index (χ2n) is 8.11. The molecule has 2 fully saturated rings. The van der Waals surface area contributed by atoms with Crippen molar-refractivity contribution >= 4 is 5.91 Å². The monoisotopic (exact) mass is 368 g/mol. The van der Waals surface area contributed by atoms with Crippen molar-refractivity contribution in [3.8, 4) is 0 Å². The number of likely N-dealkylation sites (tertiary alicyclic amines) is 1. The van der Waals surface area contributed by atoms with Gasteiger partial charge in [0, 0.05) is 51.9 Å². The highest BCUT2D eigenvalue weighted by molar-refractivity contribution is 5.77. The fourth-order valence-corrected chi connectivity index (χ4v) is 3.92. The van der Waals surface area contributed by atoms with Crippen LogP contribution in [-0.2, 0) is 9.53 Å². The van der Waals surface area contributed by atoms with Gasteiger partial charge in [-0.05, 0) is 52.1 Å². The lowest BCUT2D eigenvalue weighted by Gasteiger charge is -2.39. The van der Waals surface area contributed by atoms with Gasteiger partial charge in [-0.25, -0.2) is 0 Å². The molecular weight excluding hydrogens is 328 g/mol. The first kappa shape index (κ1) is 21.6. The van der Waals surface area contributed by atoms with Crippen LogP contribution in [0, 0.1) is 5.92 Å². The molecule has 2 heterocycles. The van der Waals surface area contributed by atoms with E-state index in [1.807, 2.05) is 0 Å². The van der Waals surface area contributed by atoms with Crippen molar-refractivity contribution in [3.63, 3.8) is 0 Å². The van der Waals surface area contributed by atoms with E-state index in [0.717, 1.165) is 45.1 Å². The fraction of sp³-hybridized carbons (Fsp3) is 0.950. The summed E-state index contributed by atoms with van der Waals surface area (Å²) in [4.78, 5) is 19.5. The number of nitrogens with zero attached hydrogens (tertiary/aromatic N) is 3. The van der Waals surface area contributed by atoms with E-state index in [-0.39, 0.29) is 5.91 Å². The van der Waals surface area contributed by atoms with Gasteiger partial charge in [-0.2, -0.15) is 0 Å². The molecule has 1 amide bonds. The number of hydrogen-bond donors (Lipinski definition) is 1. The first-order valence-corrected chi connectivity index (χ1v) is 10.6. The summed E-state index contributed by atoms with van der Waals surface area (Å²) in [5.74, 6) is 0.975. The highest BCUT2D eigenvalue weighted by Gasteiger charge is 2.25. The Balaban J connectivity index is 1.54. The summed E-state index contributed by atoms with van der Waals surface area (Å²) in [7, 11) is 0. The summed E-state index contributed by atoms with van der Waals surface area (Å²) in [6.07, 6.45) is 3.69. The van der Waals surface area contributed by atoms with Crippen molar-refractivity contribution in [1.82, 2.24) is 20.0 Å². The number of amides is 1. The molecule has 0 saturated carbocycles. The molecular formula is C20H40N4O2. The van der Waals surface area contributed by atoms with Crippen LogP contribution in [-0.4, -0.2) is 98.8 Å². The van der Waals surface area contributed by atoms with Crippen LogP contribution in [0.5, 0.6) is 0 Å². The number of carbonyl (C=O) groups is 1. The normalized spacial score (nSPS) is 21.4. The molecule has 0 atom stereocenters. The minimum Gasteiger partial charge on any atom is -0.380 e. The Morgan fingerprint density at radius 1 is 1.04 bits per heavy atom. The minimum atomic E-state index is 0.125. The predicted octanol–water partition coefficient (Wildman–Crippen LogP) is 1.27. The van der Waals surface area contributed by atoms with E-state index < -0.39 is 0 Å². The number of hydrogen-bond acceptors (Lipinski definition) is 5. The standard InChI is InChI=1S/C20H40N4O2/c1-4-14-26-15-7-21-20(25)17-23-12-10-22(11-13-23)16-19-5-8-24(9-6-19)18(2)3/h18-19H,4-17H2,1-3H3,(H,21,25). The van der Waals surface area contributed by atoms with Crippen molar-refractivity contribution in [1.29, 1.82) is 0 Å². The molecule has 0 aromatic carbocycles. The molecule has 6 nitrogen and oxygen atoms in total. The Morgan fingerprint density at radius 2 is 1.69 bits per heavy atom. The van der Waals surface area contributed by atoms with Crippen LogP contribution in [0.4, 0.5) is 0 Å². The van der Waals surface area contributed by atoms with Gasteiger partial charge in [-0.3, -0.25) is 9.69 Å². The molecule has 6 heteroatoms. The minimum absolute atomic E-state index is 0.125. The van der Waals surface area contributed by atoms with Crippen molar-refractivity contribution in [2.75, 3.05) is 72.1 Å². The maximum absolute atomic E-state index is 12.0. The Hall–Kier alpha value is -0.690. The lowest BCUT2D eigenvalue weighted by atomic mass is 9.95. The molecule has 0 aliphatic carbocycles. The largest absolute Gasteiger partial charge is 0.380 e. The molecule has 2 aliphatic rings. The molecule has 2 rings (SSSR count). The smallest absolute Gasteiger partial charge is 0.234 e. The molecule has 26 heavy (non-hydrogen) atoms. The first-order valence-electron chi connectivity index (χ1n) is 10.6. The highest BCUT2D eigenvalue weighted by Crippen LogP contribution is 2.20. The fourth-order valence-electron chi connectivity index (χ4n) is 3.92. The summed E-state index contributed by atoms with van der Waals surface area (Å²) >= 11 is 0. The number of rotatable bonds is 10. The summed E-state index contributed by atoms with van der Waals surface area (Å²) in [6, 6.07) is 0.684. The number of piperidine rings is 1. The molecule has 1 N–H and O–H groups in total. The molecule has 0 aromatic heterocycles. The van der Waals surface area contributed by atoms with Crippen LogP contribution >= 0.6 is 0 Å². The Morgan fingerprint density at radius 3 is 2.31 bits per heavy atom. The van der Waals surface area contributed by atoms with Crippen LogP contribution in [0.1, 0.15) is 40.0 Å². The van der Waals surface area contributed by atoms with Gasteiger partial charge >= 0.3 is 0 Å². The average molecular weight is 369 g/mol. The van der Waals surface area contributed by atoms with Gasteiger partial charge < -0.3 is 19.9 Å². The Bertz CT molecular complexity index is 389. The molecule has 0 spiro atoms. The summed E-state index contributed by atoms with van der Waals surface area (Å²) in [5.41, 5.74) is 0. The molecule has 0 aromatic rings. The third-order valence-electron chi connectivity index (χ3n) is 5.64. The van der Waals surface area contributed by atoms with Crippen molar-refractivity contribution < 1.29 is 9.53 Å².